The fourth-order valence-electron chi connectivity index (χ4n) is 4.69. The maximum absolute atomic E-state index is 14.4. The van der Waals surface area contributed by atoms with E-state index in [1.165, 1.54) is 65.6 Å². The Labute approximate surface area is 273 Å². The zero-order valence-electron chi connectivity index (χ0n) is 25.1. The van der Waals surface area contributed by atoms with Crippen LogP contribution in [0.1, 0.15) is 31.9 Å². The molecule has 236 valence electrons. The molecule has 0 spiro atoms. The average molecular weight is 671 g/mol. The molecule has 4 aromatic carbocycles. The molecule has 0 aromatic heterocycles. The number of nitrogens with one attached hydrogen (secondary N) is 1. The standard InChI is InChI=1S/C34H34Cl2FN3O4S/c1-34(2,3)38-33(42)31(20-24-8-5-4-6-9-24)39(22-25-12-16-28(37)17-13-25)32(41)23-40(29-11-7-10-27(36)21-29)45(43,44)30-18-14-26(35)15-19-30/h4-19,21,31H,20,22-23H2,1-3H3,(H,38,42)/t31-/m1/s1. The van der Waals surface area contributed by atoms with Crippen LogP contribution in [0.2, 0.25) is 10.0 Å². The van der Waals surface area contributed by atoms with Crippen LogP contribution in [0.15, 0.2) is 108 Å². The van der Waals surface area contributed by atoms with Gasteiger partial charge >= 0.3 is 0 Å². The molecule has 0 saturated heterocycles. The normalized spacial score (nSPS) is 12.3. The second kappa shape index (κ2) is 14.5. The molecule has 0 aliphatic heterocycles. The molecule has 7 nitrogen and oxygen atoms in total. The van der Waals surface area contributed by atoms with E-state index in [1.54, 1.807) is 12.1 Å². The molecule has 0 aliphatic carbocycles. The molecule has 0 fully saturated rings. The van der Waals surface area contributed by atoms with Crippen LogP contribution < -0.4 is 9.62 Å². The van der Waals surface area contributed by atoms with E-state index in [1.807, 2.05) is 51.1 Å². The quantitative estimate of drug-likeness (QED) is 0.189. The largest absolute Gasteiger partial charge is 0.350 e. The van der Waals surface area contributed by atoms with Crippen molar-refractivity contribution in [3.63, 3.8) is 0 Å². The Morgan fingerprint density at radius 1 is 0.822 bits per heavy atom. The average Bonchev–Trinajstić information content (AvgIpc) is 2.98. The molecule has 0 radical (unpaired) electrons. The summed E-state index contributed by atoms with van der Waals surface area (Å²) < 4.78 is 42.9. The van der Waals surface area contributed by atoms with Crippen LogP contribution in [-0.4, -0.2) is 43.3 Å². The molecular weight excluding hydrogens is 636 g/mol. The minimum absolute atomic E-state index is 0.0848. The third-order valence-electron chi connectivity index (χ3n) is 6.81. The highest BCUT2D eigenvalue weighted by Crippen LogP contribution is 2.28. The van der Waals surface area contributed by atoms with E-state index in [-0.39, 0.29) is 28.6 Å². The summed E-state index contributed by atoms with van der Waals surface area (Å²) >= 11 is 12.3. The van der Waals surface area contributed by atoms with Gasteiger partial charge in [0.05, 0.1) is 10.6 Å². The fraction of sp³-hybridized carbons (Fsp3) is 0.235. The third kappa shape index (κ3) is 9.29. The fourth-order valence-corrected chi connectivity index (χ4v) is 6.40. The number of sulfonamides is 1. The minimum atomic E-state index is -4.31. The van der Waals surface area contributed by atoms with E-state index >= 15 is 0 Å². The Balaban J connectivity index is 1.81. The molecule has 0 unspecified atom stereocenters. The summed E-state index contributed by atoms with van der Waals surface area (Å²) in [7, 11) is -4.31. The molecule has 2 amide bonds. The van der Waals surface area contributed by atoms with Gasteiger partial charge in [0.15, 0.2) is 0 Å². The zero-order valence-corrected chi connectivity index (χ0v) is 27.4. The zero-order chi connectivity index (χ0) is 32.8. The molecular formula is C34H34Cl2FN3O4S. The lowest BCUT2D eigenvalue weighted by atomic mass is 10.0. The Morgan fingerprint density at radius 2 is 1.47 bits per heavy atom. The summed E-state index contributed by atoms with van der Waals surface area (Å²) in [4.78, 5) is 29.6. The van der Waals surface area contributed by atoms with Gasteiger partial charge in [0.25, 0.3) is 10.0 Å². The molecule has 0 bridgehead atoms. The van der Waals surface area contributed by atoms with Crippen LogP contribution in [0.3, 0.4) is 0 Å². The van der Waals surface area contributed by atoms with E-state index < -0.39 is 45.8 Å². The van der Waals surface area contributed by atoms with E-state index in [0.717, 1.165) is 9.87 Å². The summed E-state index contributed by atoms with van der Waals surface area (Å²) in [6.07, 6.45) is 0.150. The summed E-state index contributed by atoms with van der Waals surface area (Å²) in [5, 5.41) is 3.58. The molecule has 0 aliphatic rings. The van der Waals surface area contributed by atoms with Gasteiger partial charge in [0, 0.05) is 28.5 Å². The molecule has 11 heteroatoms. The van der Waals surface area contributed by atoms with E-state index in [0.29, 0.717) is 10.6 Å². The number of hydrogen-bond acceptors (Lipinski definition) is 4. The first kappa shape index (κ1) is 34.0. The number of halogens is 3. The minimum Gasteiger partial charge on any atom is -0.350 e. The van der Waals surface area contributed by atoms with Crippen molar-refractivity contribution in [1.82, 2.24) is 10.2 Å². The second-order valence-corrected chi connectivity index (χ2v) is 14.3. The number of amides is 2. The van der Waals surface area contributed by atoms with Crippen molar-refractivity contribution >= 4 is 50.7 Å². The van der Waals surface area contributed by atoms with Crippen LogP contribution in [-0.2, 0) is 32.6 Å². The SMILES string of the molecule is CC(C)(C)NC(=O)[C@@H](Cc1ccccc1)N(Cc1ccc(F)cc1)C(=O)CN(c1cccc(Cl)c1)S(=O)(=O)c1ccc(Cl)cc1. The van der Waals surface area contributed by atoms with Gasteiger partial charge in [-0.05, 0) is 86.5 Å². The number of hydrogen-bond donors (Lipinski definition) is 1. The summed E-state index contributed by atoms with van der Waals surface area (Å²) in [5.41, 5.74) is 0.887. The van der Waals surface area contributed by atoms with E-state index in [2.05, 4.69) is 5.32 Å². The smallest absolute Gasteiger partial charge is 0.264 e. The first-order chi connectivity index (χ1) is 21.2. The van der Waals surface area contributed by atoms with Crippen molar-refractivity contribution in [1.29, 1.82) is 0 Å². The Bertz CT molecular complexity index is 1730. The number of nitrogens with zero attached hydrogens (tertiary/aromatic N) is 2. The Morgan fingerprint density at radius 3 is 2.07 bits per heavy atom. The van der Waals surface area contributed by atoms with Crippen molar-refractivity contribution in [2.45, 2.75) is 50.2 Å². The number of benzene rings is 4. The summed E-state index contributed by atoms with van der Waals surface area (Å²) in [6.45, 7) is 4.75. The van der Waals surface area contributed by atoms with Gasteiger partial charge in [-0.1, -0.05) is 71.7 Å². The van der Waals surface area contributed by atoms with Gasteiger partial charge < -0.3 is 10.2 Å². The topological polar surface area (TPSA) is 86.8 Å². The van der Waals surface area contributed by atoms with Gasteiger partial charge in [0.1, 0.15) is 18.4 Å². The molecule has 1 N–H and O–H groups in total. The van der Waals surface area contributed by atoms with Crippen LogP contribution in [0.5, 0.6) is 0 Å². The molecule has 0 heterocycles. The predicted octanol–water partition coefficient (Wildman–Crippen LogP) is 6.88. The van der Waals surface area contributed by atoms with E-state index in [9.17, 15) is 22.4 Å². The maximum Gasteiger partial charge on any atom is 0.264 e. The Hall–Kier alpha value is -3.92. The van der Waals surface area contributed by atoms with Crippen molar-refractivity contribution in [3.8, 4) is 0 Å². The van der Waals surface area contributed by atoms with Gasteiger partial charge in [-0.3, -0.25) is 13.9 Å². The first-order valence-corrected chi connectivity index (χ1v) is 16.4. The lowest BCUT2D eigenvalue weighted by Crippen LogP contribution is -2.56. The van der Waals surface area contributed by atoms with Crippen LogP contribution in [0.25, 0.3) is 0 Å². The van der Waals surface area contributed by atoms with Crippen LogP contribution >= 0.6 is 23.2 Å². The maximum atomic E-state index is 14.4. The first-order valence-electron chi connectivity index (χ1n) is 14.2. The number of rotatable bonds is 11. The second-order valence-electron chi connectivity index (χ2n) is 11.5. The summed E-state index contributed by atoms with van der Waals surface area (Å²) in [5.74, 6) is -1.53. The summed E-state index contributed by atoms with van der Waals surface area (Å²) in [6, 6.07) is 25.5. The van der Waals surface area contributed by atoms with Crippen molar-refractivity contribution < 1.29 is 22.4 Å². The Kier molecular flexibility index (Phi) is 10.9. The highest BCUT2D eigenvalue weighted by molar-refractivity contribution is 7.92. The van der Waals surface area contributed by atoms with Crippen molar-refractivity contribution in [2.24, 2.45) is 0 Å². The molecule has 0 saturated carbocycles. The molecule has 45 heavy (non-hydrogen) atoms. The predicted molar refractivity (Wildman–Crippen MR) is 176 cm³/mol. The lowest BCUT2D eigenvalue weighted by Gasteiger charge is -2.35. The highest BCUT2D eigenvalue weighted by Gasteiger charge is 2.35. The van der Waals surface area contributed by atoms with Gasteiger partial charge in [-0.2, -0.15) is 0 Å². The number of carbonyl (C=O) groups is 2. The van der Waals surface area contributed by atoms with Crippen LogP contribution in [0, 0.1) is 5.82 Å². The van der Waals surface area contributed by atoms with E-state index in [4.69, 9.17) is 23.2 Å². The number of carbonyl (C=O) groups excluding carboxylic acids is 2. The third-order valence-corrected chi connectivity index (χ3v) is 9.09. The monoisotopic (exact) mass is 669 g/mol. The molecule has 4 aromatic rings. The van der Waals surface area contributed by atoms with Crippen molar-refractivity contribution in [2.75, 3.05) is 10.8 Å². The van der Waals surface area contributed by atoms with Crippen molar-refractivity contribution in [3.05, 3.63) is 130 Å². The van der Waals surface area contributed by atoms with Crippen LogP contribution in [0.4, 0.5) is 10.1 Å². The van der Waals surface area contributed by atoms with Gasteiger partial charge in [0.2, 0.25) is 11.8 Å². The van der Waals surface area contributed by atoms with Gasteiger partial charge in [-0.15, -0.1) is 0 Å². The molecule has 1 atom stereocenters. The lowest BCUT2D eigenvalue weighted by molar-refractivity contribution is -0.140. The van der Waals surface area contributed by atoms with Gasteiger partial charge in [-0.25, -0.2) is 12.8 Å². The highest BCUT2D eigenvalue weighted by atomic mass is 35.5. The molecule has 4 rings (SSSR count). The number of anilines is 1.